The van der Waals surface area contributed by atoms with Crippen molar-refractivity contribution in [2.45, 2.75) is 19.5 Å². The summed E-state index contributed by atoms with van der Waals surface area (Å²) in [5, 5.41) is 0. The van der Waals surface area contributed by atoms with Crippen molar-refractivity contribution in [3.8, 4) is 5.75 Å². The van der Waals surface area contributed by atoms with E-state index in [-0.39, 0.29) is 0 Å². The summed E-state index contributed by atoms with van der Waals surface area (Å²) in [6.45, 7) is 3.84. The van der Waals surface area contributed by atoms with Crippen LogP contribution < -0.4 is 4.74 Å². The van der Waals surface area contributed by atoms with Crippen LogP contribution in [0.25, 0.3) is 0 Å². The highest BCUT2D eigenvalue weighted by atomic mass is 16.5. The van der Waals surface area contributed by atoms with E-state index < -0.39 is 0 Å². The van der Waals surface area contributed by atoms with Crippen LogP contribution >= 0.6 is 0 Å². The summed E-state index contributed by atoms with van der Waals surface area (Å²) in [5.74, 6) is 1.02. The summed E-state index contributed by atoms with van der Waals surface area (Å²) in [6, 6.07) is 19.2. The normalized spacial score (nSPS) is 16.7. The average Bonchev–Trinajstić information content (AvgIpc) is 2.47. The number of rotatable bonds is 2. The molecule has 3 rings (SSSR count). The summed E-state index contributed by atoms with van der Waals surface area (Å²) in [5.41, 5.74) is 2.60. The largest absolute Gasteiger partial charge is 0.478 e. The Morgan fingerprint density at radius 3 is 2.56 bits per heavy atom. The van der Waals surface area contributed by atoms with E-state index in [1.807, 2.05) is 12.1 Å². The van der Waals surface area contributed by atoms with Crippen LogP contribution in [0.15, 0.2) is 54.6 Å². The molecule has 1 aliphatic heterocycles. The van der Waals surface area contributed by atoms with Gasteiger partial charge in [-0.25, -0.2) is 0 Å². The molecule has 1 aliphatic rings. The highest BCUT2D eigenvalue weighted by Gasteiger charge is 2.22. The van der Waals surface area contributed by atoms with Crippen molar-refractivity contribution in [2.24, 2.45) is 0 Å². The number of ether oxygens (including phenoxy) is 1. The Morgan fingerprint density at radius 2 is 1.72 bits per heavy atom. The summed E-state index contributed by atoms with van der Waals surface area (Å²) < 4.78 is 5.80. The molecule has 1 heterocycles. The van der Waals surface area contributed by atoms with Gasteiger partial charge in [-0.15, -0.1) is 0 Å². The summed E-state index contributed by atoms with van der Waals surface area (Å²) in [6.07, 6.45) is 0. The third kappa shape index (κ3) is 2.12. The fourth-order valence-corrected chi connectivity index (χ4v) is 2.38. The Hall–Kier alpha value is -1.80. The summed E-state index contributed by atoms with van der Waals surface area (Å²) >= 11 is 0. The molecule has 1 atom stereocenters. The van der Waals surface area contributed by atoms with Crippen LogP contribution in [-0.4, -0.2) is 11.6 Å². The second kappa shape index (κ2) is 4.83. The first-order valence-electron chi connectivity index (χ1n) is 6.34. The van der Waals surface area contributed by atoms with E-state index in [2.05, 4.69) is 54.3 Å². The molecule has 0 bridgehead atoms. The highest BCUT2D eigenvalue weighted by molar-refractivity contribution is 5.34. The van der Waals surface area contributed by atoms with Crippen LogP contribution in [0, 0.1) is 0 Å². The van der Waals surface area contributed by atoms with Crippen molar-refractivity contribution in [2.75, 3.05) is 6.73 Å². The third-order valence-corrected chi connectivity index (χ3v) is 3.56. The van der Waals surface area contributed by atoms with E-state index in [1.165, 1.54) is 11.1 Å². The molecular weight excluding hydrogens is 222 g/mol. The maximum absolute atomic E-state index is 5.80. The molecule has 0 saturated carbocycles. The van der Waals surface area contributed by atoms with Gasteiger partial charge >= 0.3 is 0 Å². The topological polar surface area (TPSA) is 12.5 Å². The quantitative estimate of drug-likeness (QED) is 0.794. The van der Waals surface area contributed by atoms with Gasteiger partial charge in [0.25, 0.3) is 0 Å². The minimum absolute atomic E-state index is 0.375. The molecule has 2 heteroatoms. The predicted molar refractivity (Wildman–Crippen MR) is 72.3 cm³/mol. The van der Waals surface area contributed by atoms with Crippen molar-refractivity contribution < 1.29 is 4.74 Å². The number of fused-ring (bicyclic) bond motifs is 1. The highest BCUT2D eigenvalue weighted by Crippen LogP contribution is 2.29. The molecule has 92 valence electrons. The van der Waals surface area contributed by atoms with E-state index in [4.69, 9.17) is 4.74 Å². The van der Waals surface area contributed by atoms with Crippen molar-refractivity contribution in [3.05, 3.63) is 65.7 Å². The zero-order chi connectivity index (χ0) is 12.4. The smallest absolute Gasteiger partial charge is 0.142 e. The molecule has 0 N–H and O–H groups in total. The van der Waals surface area contributed by atoms with E-state index in [1.54, 1.807) is 0 Å². The Bertz CT molecular complexity index is 524. The van der Waals surface area contributed by atoms with E-state index in [0.29, 0.717) is 12.8 Å². The first-order chi connectivity index (χ1) is 8.84. The third-order valence-electron chi connectivity index (χ3n) is 3.56. The van der Waals surface area contributed by atoms with Gasteiger partial charge < -0.3 is 4.74 Å². The molecule has 0 saturated heterocycles. The van der Waals surface area contributed by atoms with Crippen LogP contribution in [0.5, 0.6) is 5.75 Å². The van der Waals surface area contributed by atoms with Crippen LogP contribution in [-0.2, 0) is 6.54 Å². The monoisotopic (exact) mass is 239 g/mol. The molecule has 0 amide bonds. The van der Waals surface area contributed by atoms with Crippen LogP contribution in [0.4, 0.5) is 0 Å². The fourth-order valence-electron chi connectivity index (χ4n) is 2.38. The molecule has 2 aromatic rings. The van der Waals surface area contributed by atoms with Crippen molar-refractivity contribution in [1.82, 2.24) is 4.90 Å². The Kier molecular flexibility index (Phi) is 3.03. The fraction of sp³-hybridized carbons (Fsp3) is 0.250. The molecule has 2 aromatic carbocycles. The minimum atomic E-state index is 0.375. The van der Waals surface area contributed by atoms with Crippen molar-refractivity contribution >= 4 is 0 Å². The van der Waals surface area contributed by atoms with E-state index in [0.717, 1.165) is 12.3 Å². The average molecular weight is 239 g/mol. The zero-order valence-corrected chi connectivity index (χ0v) is 10.5. The van der Waals surface area contributed by atoms with Gasteiger partial charge in [0.2, 0.25) is 0 Å². The van der Waals surface area contributed by atoms with Gasteiger partial charge in [0, 0.05) is 18.2 Å². The van der Waals surface area contributed by atoms with Gasteiger partial charge in [-0.05, 0) is 18.6 Å². The molecule has 0 radical (unpaired) electrons. The second-order valence-corrected chi connectivity index (χ2v) is 4.71. The zero-order valence-electron chi connectivity index (χ0n) is 10.5. The first-order valence-corrected chi connectivity index (χ1v) is 6.34. The Morgan fingerprint density at radius 1 is 1.00 bits per heavy atom. The maximum atomic E-state index is 5.80. The second-order valence-electron chi connectivity index (χ2n) is 4.71. The standard InChI is InChI=1S/C16H17NO/c1-13(14-7-3-2-4-8-14)17-11-15-9-5-6-10-16(15)18-12-17/h2-10,13H,11-12H2,1H3. The molecule has 18 heavy (non-hydrogen) atoms. The molecule has 0 aromatic heterocycles. The number of hydrogen-bond donors (Lipinski definition) is 0. The predicted octanol–water partition coefficient (Wildman–Crippen LogP) is 3.60. The Balaban J connectivity index is 1.80. The van der Waals surface area contributed by atoms with Crippen LogP contribution in [0.2, 0.25) is 0 Å². The van der Waals surface area contributed by atoms with Gasteiger partial charge in [0.15, 0.2) is 0 Å². The van der Waals surface area contributed by atoms with Crippen LogP contribution in [0.1, 0.15) is 24.1 Å². The van der Waals surface area contributed by atoms with Crippen LogP contribution in [0.3, 0.4) is 0 Å². The van der Waals surface area contributed by atoms with Crippen molar-refractivity contribution in [3.63, 3.8) is 0 Å². The van der Waals surface area contributed by atoms with Gasteiger partial charge in [0.1, 0.15) is 12.5 Å². The van der Waals surface area contributed by atoms with E-state index >= 15 is 0 Å². The number of hydrogen-bond acceptors (Lipinski definition) is 2. The molecule has 0 spiro atoms. The SMILES string of the molecule is CC(c1ccccc1)N1COc2ccccc2C1. The summed E-state index contributed by atoms with van der Waals surface area (Å²) in [4.78, 5) is 2.34. The van der Waals surface area contributed by atoms with Gasteiger partial charge in [-0.3, -0.25) is 4.90 Å². The molecular formula is C16H17NO. The molecule has 2 nitrogen and oxygen atoms in total. The molecule has 0 aliphatic carbocycles. The molecule has 1 unspecified atom stereocenters. The van der Waals surface area contributed by atoms with Gasteiger partial charge in [-0.1, -0.05) is 48.5 Å². The lowest BCUT2D eigenvalue weighted by atomic mass is 10.1. The Labute approximate surface area is 108 Å². The lowest BCUT2D eigenvalue weighted by molar-refractivity contribution is 0.0618. The maximum Gasteiger partial charge on any atom is 0.142 e. The number of para-hydroxylation sites is 1. The van der Waals surface area contributed by atoms with Gasteiger partial charge in [-0.2, -0.15) is 0 Å². The summed E-state index contributed by atoms with van der Waals surface area (Å²) in [7, 11) is 0. The first kappa shape index (κ1) is 11.3. The minimum Gasteiger partial charge on any atom is -0.478 e. The number of nitrogens with zero attached hydrogens (tertiary/aromatic N) is 1. The number of benzene rings is 2. The lowest BCUT2D eigenvalue weighted by Gasteiger charge is -2.33. The van der Waals surface area contributed by atoms with Gasteiger partial charge in [0.05, 0.1) is 0 Å². The molecule has 0 fully saturated rings. The lowest BCUT2D eigenvalue weighted by Crippen LogP contribution is -2.34. The van der Waals surface area contributed by atoms with Crippen molar-refractivity contribution in [1.29, 1.82) is 0 Å². The van der Waals surface area contributed by atoms with E-state index in [9.17, 15) is 0 Å².